The summed E-state index contributed by atoms with van der Waals surface area (Å²) >= 11 is 7.50. The van der Waals surface area contributed by atoms with Crippen LogP contribution in [-0.2, 0) is 21.4 Å². The molecule has 1 aliphatic rings. The summed E-state index contributed by atoms with van der Waals surface area (Å²) in [5.74, 6) is -0.776. The lowest BCUT2D eigenvalue weighted by molar-refractivity contribution is -0.122. The Morgan fingerprint density at radius 1 is 1.26 bits per heavy atom. The number of allylic oxidation sites excluding steroid dienone is 1. The summed E-state index contributed by atoms with van der Waals surface area (Å²) in [5, 5.41) is 0.617. The molecule has 1 aliphatic heterocycles. The molecule has 1 fully saturated rings. The Morgan fingerprint density at radius 3 is 2.77 bits per heavy atom. The molecule has 1 unspecified atom stereocenters. The molecule has 1 amide bonds. The predicted molar refractivity (Wildman–Crippen MR) is 124 cm³/mol. The molecular formula is C22H22ClN3O3S2. The van der Waals surface area contributed by atoms with Gasteiger partial charge in [-0.1, -0.05) is 47.2 Å². The van der Waals surface area contributed by atoms with Gasteiger partial charge in [0.15, 0.2) is 4.80 Å². The van der Waals surface area contributed by atoms with Crippen molar-refractivity contribution in [3.63, 3.8) is 0 Å². The zero-order valence-corrected chi connectivity index (χ0v) is 19.2. The molecule has 2 aromatic carbocycles. The molecule has 0 spiro atoms. The number of piperidine rings is 1. The van der Waals surface area contributed by atoms with Crippen LogP contribution in [-0.4, -0.2) is 36.3 Å². The number of amides is 1. The number of carbonyl (C=O) groups excluding carboxylic acids is 1. The van der Waals surface area contributed by atoms with Gasteiger partial charge >= 0.3 is 0 Å². The normalized spacial score (nSPS) is 18.4. The number of carbonyl (C=O) groups is 1. The van der Waals surface area contributed by atoms with Gasteiger partial charge in [-0.05, 0) is 43.2 Å². The van der Waals surface area contributed by atoms with E-state index in [9.17, 15) is 13.2 Å². The highest BCUT2D eigenvalue weighted by Gasteiger charge is 2.33. The lowest BCUT2D eigenvalue weighted by Crippen LogP contribution is -2.42. The quantitative estimate of drug-likeness (QED) is 0.522. The van der Waals surface area contributed by atoms with Crippen LogP contribution in [0.15, 0.2) is 71.1 Å². The van der Waals surface area contributed by atoms with Crippen LogP contribution in [0.1, 0.15) is 12.8 Å². The Kier molecular flexibility index (Phi) is 6.43. The van der Waals surface area contributed by atoms with Crippen LogP contribution in [0.3, 0.4) is 0 Å². The molecule has 2 heterocycles. The van der Waals surface area contributed by atoms with Crippen LogP contribution in [0.25, 0.3) is 10.2 Å². The molecule has 0 radical (unpaired) electrons. The summed E-state index contributed by atoms with van der Waals surface area (Å²) in [5.41, 5.74) is 0.928. The van der Waals surface area contributed by atoms with E-state index < -0.39 is 15.9 Å². The molecule has 6 nitrogen and oxygen atoms in total. The van der Waals surface area contributed by atoms with Gasteiger partial charge in [0.2, 0.25) is 10.0 Å². The topological polar surface area (TPSA) is 71.7 Å². The number of nitrogens with zero attached hydrogens (tertiary/aromatic N) is 3. The van der Waals surface area contributed by atoms with Crippen LogP contribution in [0.2, 0.25) is 5.02 Å². The maximum Gasteiger partial charge on any atom is 0.252 e. The van der Waals surface area contributed by atoms with E-state index in [2.05, 4.69) is 11.6 Å². The number of rotatable bonds is 5. The number of thiazole rings is 1. The Bertz CT molecular complexity index is 1300. The highest BCUT2D eigenvalue weighted by molar-refractivity contribution is 7.89. The first-order valence-corrected chi connectivity index (χ1v) is 12.6. The van der Waals surface area contributed by atoms with Gasteiger partial charge in [0.1, 0.15) is 0 Å². The predicted octanol–water partition coefficient (Wildman–Crippen LogP) is 4.07. The Hall–Kier alpha value is -2.26. The molecule has 1 saturated heterocycles. The van der Waals surface area contributed by atoms with Crippen LogP contribution in [0.4, 0.5) is 0 Å². The van der Waals surface area contributed by atoms with Crippen LogP contribution in [0.5, 0.6) is 0 Å². The summed E-state index contributed by atoms with van der Waals surface area (Å²) in [7, 11) is -3.63. The molecule has 3 aromatic rings. The number of hydrogen-bond acceptors (Lipinski definition) is 4. The van der Waals surface area contributed by atoms with Crippen molar-refractivity contribution in [1.29, 1.82) is 0 Å². The van der Waals surface area contributed by atoms with E-state index in [0.717, 1.165) is 10.2 Å². The fourth-order valence-corrected chi connectivity index (χ4v) is 6.59. The first kappa shape index (κ1) is 22.0. The molecular weight excluding hydrogens is 454 g/mol. The fraction of sp³-hybridized carbons (Fsp3) is 0.273. The van der Waals surface area contributed by atoms with Crippen LogP contribution < -0.4 is 4.80 Å². The highest BCUT2D eigenvalue weighted by atomic mass is 35.5. The first-order chi connectivity index (χ1) is 14.9. The van der Waals surface area contributed by atoms with Crippen molar-refractivity contribution >= 4 is 49.1 Å². The molecule has 0 saturated carbocycles. The van der Waals surface area contributed by atoms with E-state index in [-0.39, 0.29) is 17.3 Å². The van der Waals surface area contributed by atoms with Gasteiger partial charge in [0.05, 0.1) is 21.0 Å². The van der Waals surface area contributed by atoms with Crippen molar-refractivity contribution in [3.05, 3.63) is 71.0 Å². The van der Waals surface area contributed by atoms with Crippen molar-refractivity contribution in [2.45, 2.75) is 24.3 Å². The standard InChI is InChI=1S/C22H22ClN3O3S2/c1-2-12-26-19-11-10-17(23)14-20(19)30-22(26)24-21(27)16-7-6-13-25(15-16)31(28,29)18-8-4-3-5-9-18/h2-5,8-11,14,16H,1,6-7,12-13,15H2. The second-order valence-corrected chi connectivity index (χ2v) is 10.7. The minimum Gasteiger partial charge on any atom is -0.313 e. The van der Waals surface area contributed by atoms with E-state index in [1.54, 1.807) is 42.5 Å². The van der Waals surface area contributed by atoms with Gasteiger partial charge in [0, 0.05) is 24.7 Å². The SMILES string of the molecule is C=CCn1c(=NC(=O)C2CCCN(S(=O)(=O)c3ccccc3)C2)sc2cc(Cl)ccc21. The minimum atomic E-state index is -3.63. The maximum absolute atomic E-state index is 13.0. The Morgan fingerprint density at radius 2 is 2.03 bits per heavy atom. The van der Waals surface area contributed by atoms with Crippen molar-refractivity contribution in [2.75, 3.05) is 13.1 Å². The molecule has 0 aliphatic carbocycles. The van der Waals surface area contributed by atoms with Crippen molar-refractivity contribution < 1.29 is 13.2 Å². The third-order valence-corrected chi connectivity index (χ3v) is 8.43. The smallest absolute Gasteiger partial charge is 0.252 e. The van der Waals surface area contributed by atoms with Gasteiger partial charge in [-0.25, -0.2) is 8.42 Å². The van der Waals surface area contributed by atoms with Gasteiger partial charge in [0.25, 0.3) is 5.91 Å². The third kappa shape index (κ3) is 4.52. The maximum atomic E-state index is 13.0. The largest absolute Gasteiger partial charge is 0.313 e. The summed E-state index contributed by atoms with van der Waals surface area (Å²) in [6.07, 6.45) is 2.98. The number of sulfonamides is 1. The third-order valence-electron chi connectivity index (χ3n) is 5.28. The van der Waals surface area contributed by atoms with E-state index in [4.69, 9.17) is 11.6 Å². The minimum absolute atomic E-state index is 0.137. The van der Waals surface area contributed by atoms with Gasteiger partial charge in [-0.2, -0.15) is 9.30 Å². The molecule has 162 valence electrons. The van der Waals surface area contributed by atoms with Crippen molar-refractivity contribution in [1.82, 2.24) is 8.87 Å². The number of fused-ring (bicyclic) bond motifs is 1. The molecule has 1 aromatic heterocycles. The summed E-state index contributed by atoms with van der Waals surface area (Å²) in [6.45, 7) is 4.84. The second kappa shape index (κ2) is 9.08. The number of aromatic nitrogens is 1. The number of halogens is 1. The van der Waals surface area contributed by atoms with Gasteiger partial charge in [-0.3, -0.25) is 4.79 Å². The average Bonchev–Trinajstić information content (AvgIpc) is 3.10. The van der Waals surface area contributed by atoms with Crippen molar-refractivity contribution in [2.24, 2.45) is 10.9 Å². The molecule has 4 rings (SSSR count). The van der Waals surface area contributed by atoms with Gasteiger partial charge < -0.3 is 4.57 Å². The highest BCUT2D eigenvalue weighted by Crippen LogP contribution is 2.25. The fourth-order valence-electron chi connectivity index (χ4n) is 3.73. The van der Waals surface area contributed by atoms with Crippen LogP contribution >= 0.6 is 22.9 Å². The lowest BCUT2D eigenvalue weighted by Gasteiger charge is -2.30. The summed E-state index contributed by atoms with van der Waals surface area (Å²) in [6, 6.07) is 13.9. The molecule has 0 N–H and O–H groups in total. The van der Waals surface area contributed by atoms with E-state index >= 15 is 0 Å². The number of hydrogen-bond donors (Lipinski definition) is 0. The first-order valence-electron chi connectivity index (χ1n) is 9.93. The summed E-state index contributed by atoms with van der Waals surface area (Å²) in [4.78, 5) is 18.2. The number of benzene rings is 2. The molecule has 9 heteroatoms. The second-order valence-electron chi connectivity index (χ2n) is 7.36. The Labute approximate surface area is 190 Å². The van der Waals surface area contributed by atoms with E-state index in [1.807, 2.05) is 16.7 Å². The summed E-state index contributed by atoms with van der Waals surface area (Å²) < 4.78 is 30.2. The monoisotopic (exact) mass is 475 g/mol. The zero-order chi connectivity index (χ0) is 22.0. The average molecular weight is 476 g/mol. The van der Waals surface area contributed by atoms with E-state index in [1.165, 1.54) is 15.6 Å². The van der Waals surface area contributed by atoms with E-state index in [0.29, 0.717) is 35.8 Å². The molecule has 31 heavy (non-hydrogen) atoms. The zero-order valence-electron chi connectivity index (χ0n) is 16.8. The molecule has 1 atom stereocenters. The van der Waals surface area contributed by atoms with Crippen molar-refractivity contribution in [3.8, 4) is 0 Å². The molecule has 0 bridgehead atoms. The van der Waals surface area contributed by atoms with Crippen LogP contribution in [0, 0.1) is 5.92 Å². The lowest BCUT2D eigenvalue weighted by atomic mass is 9.99. The Balaban J connectivity index is 1.63. The van der Waals surface area contributed by atoms with Gasteiger partial charge in [-0.15, -0.1) is 6.58 Å².